The summed E-state index contributed by atoms with van der Waals surface area (Å²) in [5, 5.41) is 57.4. The number of hydrogen-bond acceptors (Lipinski definition) is 10. The van der Waals surface area contributed by atoms with E-state index in [-0.39, 0.29) is 13.0 Å². The Morgan fingerprint density at radius 1 is 0.427 bits per heavy atom. The summed E-state index contributed by atoms with van der Waals surface area (Å²) in [6.07, 6.45) is 70.9. The summed E-state index contributed by atoms with van der Waals surface area (Å²) >= 11 is 0. The summed E-state index contributed by atoms with van der Waals surface area (Å²) in [4.78, 5) is 26.8. The van der Waals surface area contributed by atoms with Crippen LogP contribution < -0.4 is 5.32 Å². The van der Waals surface area contributed by atoms with Gasteiger partial charge >= 0.3 is 5.97 Å². The Morgan fingerprint density at radius 3 is 1.09 bits per heavy atom. The summed E-state index contributed by atoms with van der Waals surface area (Å²) in [7, 11) is 0. The number of esters is 1. The van der Waals surface area contributed by atoms with Crippen molar-refractivity contribution in [2.45, 2.75) is 449 Å². The van der Waals surface area contributed by atoms with E-state index in [2.05, 4.69) is 38.2 Å². The molecule has 0 bridgehead atoms. The molecule has 89 heavy (non-hydrogen) atoms. The zero-order valence-corrected chi connectivity index (χ0v) is 58.8. The molecule has 8 atom stereocenters. The van der Waals surface area contributed by atoms with Gasteiger partial charge in [-0.05, 0) is 51.4 Å². The second kappa shape index (κ2) is 66.2. The number of hydrogen-bond donors (Lipinski definition) is 6. The maximum absolute atomic E-state index is 13.5. The predicted octanol–water partition coefficient (Wildman–Crippen LogP) is 20.7. The van der Waals surface area contributed by atoms with Gasteiger partial charge in [0.15, 0.2) is 12.4 Å². The molecule has 0 aromatic heterocycles. The van der Waals surface area contributed by atoms with Crippen LogP contribution in [0, 0.1) is 0 Å². The van der Waals surface area contributed by atoms with Crippen molar-refractivity contribution in [1.82, 2.24) is 5.32 Å². The van der Waals surface area contributed by atoms with Crippen LogP contribution in [0.4, 0.5) is 0 Å². The third-order valence-corrected chi connectivity index (χ3v) is 18.9. The van der Waals surface area contributed by atoms with Gasteiger partial charge in [-0.3, -0.25) is 9.59 Å². The normalized spacial score (nSPS) is 18.1. The largest absolute Gasteiger partial charge is 0.454 e. The number of unbranched alkanes of at least 4 members (excludes halogenated alkanes) is 53. The maximum Gasteiger partial charge on any atom is 0.306 e. The minimum absolute atomic E-state index is 0.129. The molecule has 1 heterocycles. The smallest absolute Gasteiger partial charge is 0.306 e. The van der Waals surface area contributed by atoms with E-state index in [1.807, 2.05) is 6.08 Å². The van der Waals surface area contributed by atoms with Gasteiger partial charge in [-0.15, -0.1) is 0 Å². The van der Waals surface area contributed by atoms with Gasteiger partial charge in [-0.1, -0.05) is 366 Å². The van der Waals surface area contributed by atoms with E-state index in [1.165, 1.54) is 295 Å². The number of ether oxygens (including phenoxy) is 3. The van der Waals surface area contributed by atoms with E-state index in [4.69, 9.17) is 14.2 Å². The molecule has 0 aromatic carbocycles. The second-order valence-electron chi connectivity index (χ2n) is 27.5. The average molecular weight is 1260 g/mol. The fourth-order valence-corrected chi connectivity index (χ4v) is 12.7. The molecule has 11 nitrogen and oxygen atoms in total. The first-order valence-corrected chi connectivity index (χ1v) is 39.1. The van der Waals surface area contributed by atoms with Crippen LogP contribution in [0.2, 0.25) is 0 Å². The zero-order valence-electron chi connectivity index (χ0n) is 58.8. The Balaban J connectivity index is 2.52. The first-order valence-electron chi connectivity index (χ1n) is 39.1. The molecular formula is C78H149NO10. The lowest BCUT2D eigenvalue weighted by molar-refractivity contribution is -0.305. The van der Waals surface area contributed by atoms with Crippen molar-refractivity contribution in [3.8, 4) is 0 Å². The highest BCUT2D eigenvalue weighted by atomic mass is 16.7. The SMILES string of the molecule is CCCCCCCC/C=C/CCCCCCCCCCCCCCCC(=O)OC1C(OCC(NC(=O)C(O)CCCCCCCCCCCCCCCCCCCCCCCCCC)C(O)/C=C/CCCCCCCCCCCCC)OC(CO)C(O)C1O. The van der Waals surface area contributed by atoms with E-state index < -0.39 is 67.4 Å². The number of aliphatic hydroxyl groups is 5. The molecule has 1 aliphatic rings. The molecule has 1 saturated heterocycles. The number of rotatable bonds is 69. The molecule has 6 N–H and O–H groups in total. The first kappa shape index (κ1) is 85.2. The Hall–Kier alpha value is -1.86. The highest BCUT2D eigenvalue weighted by Crippen LogP contribution is 2.27. The Morgan fingerprint density at radius 2 is 0.742 bits per heavy atom. The van der Waals surface area contributed by atoms with Gasteiger partial charge < -0.3 is 45.1 Å². The molecule has 0 spiro atoms. The van der Waals surface area contributed by atoms with Gasteiger partial charge in [-0.2, -0.15) is 0 Å². The molecule has 1 amide bonds. The summed E-state index contributed by atoms with van der Waals surface area (Å²) in [6, 6.07) is -1.02. The standard InChI is InChI=1S/C78H149NO10/c1-4-7-10-13-16-19-22-25-27-29-31-33-35-37-38-40-42-44-47-50-53-56-59-62-65-71(82)77(86)79-69(70(81)64-61-58-55-52-49-46-24-21-18-15-12-9-6-3)68-87-78-76(75(85)74(84)72(67-80)88-78)89-73(83)66-63-60-57-54-51-48-45-43-41-39-36-34-32-30-28-26-23-20-17-14-11-8-5-2/h26,28,61,64,69-72,74-76,78,80-82,84-85H,4-25,27,29-60,62-63,65-68H2,1-3H3,(H,79,86)/b28-26+,64-61+. The van der Waals surface area contributed by atoms with E-state index in [0.29, 0.717) is 19.3 Å². The van der Waals surface area contributed by atoms with Crippen LogP contribution in [0.3, 0.4) is 0 Å². The van der Waals surface area contributed by atoms with Crippen molar-refractivity contribution in [3.05, 3.63) is 24.3 Å². The van der Waals surface area contributed by atoms with Gasteiger partial charge in [0.1, 0.15) is 24.4 Å². The maximum atomic E-state index is 13.5. The Kier molecular flexibility index (Phi) is 63.3. The molecule has 0 saturated carbocycles. The number of aliphatic hydroxyl groups excluding tert-OH is 5. The number of amides is 1. The van der Waals surface area contributed by atoms with Gasteiger partial charge in [-0.25, -0.2) is 0 Å². The van der Waals surface area contributed by atoms with E-state index >= 15 is 0 Å². The van der Waals surface area contributed by atoms with Crippen molar-refractivity contribution < 1.29 is 49.3 Å². The molecule has 1 rings (SSSR count). The quantitative estimate of drug-likeness (QED) is 0.0195. The fourth-order valence-electron chi connectivity index (χ4n) is 12.7. The van der Waals surface area contributed by atoms with E-state index in [9.17, 15) is 35.1 Å². The van der Waals surface area contributed by atoms with Crippen LogP contribution in [-0.2, 0) is 23.8 Å². The third-order valence-electron chi connectivity index (χ3n) is 18.9. The van der Waals surface area contributed by atoms with Gasteiger partial charge in [0.25, 0.3) is 0 Å². The van der Waals surface area contributed by atoms with Crippen LogP contribution in [-0.4, -0.2) is 99.6 Å². The summed E-state index contributed by atoms with van der Waals surface area (Å²) < 4.78 is 17.8. The summed E-state index contributed by atoms with van der Waals surface area (Å²) in [5.74, 6) is -1.17. The van der Waals surface area contributed by atoms with Crippen molar-refractivity contribution >= 4 is 11.9 Å². The van der Waals surface area contributed by atoms with Crippen molar-refractivity contribution in [2.24, 2.45) is 0 Å². The number of carbonyl (C=O) groups excluding carboxylic acids is 2. The number of allylic oxidation sites excluding steroid dienone is 3. The number of carbonyl (C=O) groups is 2. The summed E-state index contributed by atoms with van der Waals surface area (Å²) in [5.41, 5.74) is 0. The average Bonchev–Trinajstić information content (AvgIpc) is 3.20. The topological polar surface area (TPSA) is 175 Å². The van der Waals surface area contributed by atoms with Crippen LogP contribution in [0.25, 0.3) is 0 Å². The molecule has 11 heteroatoms. The monoisotopic (exact) mass is 1260 g/mol. The third kappa shape index (κ3) is 53.1. The number of nitrogens with one attached hydrogen (secondary N) is 1. The van der Waals surface area contributed by atoms with Crippen molar-refractivity contribution in [3.63, 3.8) is 0 Å². The lowest BCUT2D eigenvalue weighted by Gasteiger charge is -2.41. The highest BCUT2D eigenvalue weighted by Gasteiger charge is 2.47. The van der Waals surface area contributed by atoms with Crippen molar-refractivity contribution in [1.29, 1.82) is 0 Å². The molecule has 8 unspecified atom stereocenters. The molecule has 0 radical (unpaired) electrons. The lowest BCUT2D eigenvalue weighted by Crippen LogP contribution is -2.61. The predicted molar refractivity (Wildman–Crippen MR) is 375 cm³/mol. The molecule has 0 aliphatic carbocycles. The Labute approximate surface area is 550 Å². The summed E-state index contributed by atoms with van der Waals surface area (Å²) in [6.45, 7) is 5.87. The Bertz CT molecular complexity index is 1550. The molecule has 526 valence electrons. The van der Waals surface area contributed by atoms with Gasteiger partial charge in [0.2, 0.25) is 5.91 Å². The first-order chi connectivity index (χ1) is 43.7. The van der Waals surface area contributed by atoms with E-state index in [0.717, 1.165) is 57.8 Å². The fraction of sp³-hybridized carbons (Fsp3) is 0.923. The van der Waals surface area contributed by atoms with Gasteiger partial charge in [0.05, 0.1) is 25.4 Å². The zero-order chi connectivity index (χ0) is 64.6. The minimum atomic E-state index is -1.61. The molecule has 1 aliphatic heterocycles. The second-order valence-corrected chi connectivity index (χ2v) is 27.5. The highest BCUT2D eigenvalue weighted by molar-refractivity contribution is 5.80. The molecular weight excluding hydrogens is 1110 g/mol. The van der Waals surface area contributed by atoms with Crippen LogP contribution in [0.1, 0.15) is 400 Å². The molecule has 0 aromatic rings. The van der Waals surface area contributed by atoms with Crippen molar-refractivity contribution in [2.75, 3.05) is 13.2 Å². The van der Waals surface area contributed by atoms with Crippen LogP contribution in [0.15, 0.2) is 24.3 Å². The van der Waals surface area contributed by atoms with Crippen LogP contribution >= 0.6 is 0 Å². The lowest BCUT2D eigenvalue weighted by atomic mass is 9.99. The molecule has 1 fully saturated rings. The minimum Gasteiger partial charge on any atom is -0.454 e. The van der Waals surface area contributed by atoms with Crippen LogP contribution in [0.5, 0.6) is 0 Å². The van der Waals surface area contributed by atoms with Gasteiger partial charge in [0, 0.05) is 6.42 Å². The van der Waals surface area contributed by atoms with E-state index in [1.54, 1.807) is 6.08 Å².